The van der Waals surface area contributed by atoms with Crippen LogP contribution in [0.1, 0.15) is 39.0 Å². The van der Waals surface area contributed by atoms with Crippen molar-refractivity contribution in [2.24, 2.45) is 29.4 Å². The molecule has 0 spiro atoms. The quantitative estimate of drug-likeness (QED) is 0.804. The number of nitrogens with two attached hydrogens (primary N) is 1. The van der Waals surface area contributed by atoms with Gasteiger partial charge >= 0.3 is 0 Å². The second kappa shape index (κ2) is 4.46. The summed E-state index contributed by atoms with van der Waals surface area (Å²) >= 11 is 0. The topological polar surface area (TPSA) is 72.2 Å². The Kier molecular flexibility index (Phi) is 3.19. The van der Waals surface area contributed by atoms with Gasteiger partial charge in [-0.15, -0.1) is 0 Å². The molecule has 0 aliphatic heterocycles. The second-order valence-corrected chi connectivity index (χ2v) is 8.69. The molecule has 0 aromatic heterocycles. The van der Waals surface area contributed by atoms with Crippen LogP contribution in [0, 0.1) is 23.7 Å². The molecule has 4 saturated carbocycles. The largest absolute Gasteiger partial charge is 0.327 e. The molecule has 1 unspecified atom stereocenters. The van der Waals surface area contributed by atoms with E-state index in [0.717, 1.165) is 37.5 Å². The van der Waals surface area contributed by atoms with E-state index in [0.29, 0.717) is 18.4 Å². The van der Waals surface area contributed by atoms with Gasteiger partial charge in [0, 0.05) is 12.6 Å². The Morgan fingerprint density at radius 2 is 1.61 bits per heavy atom. The second-order valence-electron chi connectivity index (χ2n) is 6.77. The minimum Gasteiger partial charge on any atom is -0.327 e. The first-order chi connectivity index (χ1) is 8.45. The molecule has 4 nitrogen and oxygen atoms in total. The van der Waals surface area contributed by atoms with E-state index < -0.39 is 10.0 Å². The number of rotatable bonds is 4. The highest BCUT2D eigenvalue weighted by Gasteiger charge is 2.52. The van der Waals surface area contributed by atoms with E-state index >= 15 is 0 Å². The molecular formula is C13H24N2O2S. The van der Waals surface area contributed by atoms with Crippen LogP contribution in [0.25, 0.3) is 0 Å². The third-order valence-electron chi connectivity index (χ3n) is 5.11. The SMILES string of the molecule is CC(N)CNS(=O)(=O)C1C2CC3CC(C2)CC1C3. The third kappa shape index (κ3) is 2.21. The maximum atomic E-state index is 12.5. The van der Waals surface area contributed by atoms with Gasteiger partial charge in [0.25, 0.3) is 0 Å². The van der Waals surface area contributed by atoms with E-state index in [1.807, 2.05) is 6.92 Å². The maximum absolute atomic E-state index is 12.5. The minimum absolute atomic E-state index is 0.114. The number of hydrogen-bond acceptors (Lipinski definition) is 3. The predicted octanol–water partition coefficient (Wildman–Crippen LogP) is 1.08. The maximum Gasteiger partial charge on any atom is 0.215 e. The Morgan fingerprint density at radius 1 is 1.11 bits per heavy atom. The zero-order valence-corrected chi connectivity index (χ0v) is 11.8. The van der Waals surface area contributed by atoms with Gasteiger partial charge in [-0.25, -0.2) is 13.1 Å². The zero-order valence-electron chi connectivity index (χ0n) is 11.0. The van der Waals surface area contributed by atoms with Crippen LogP contribution in [0.15, 0.2) is 0 Å². The van der Waals surface area contributed by atoms with Crippen molar-refractivity contribution in [3.8, 4) is 0 Å². The molecule has 4 fully saturated rings. The monoisotopic (exact) mass is 272 g/mol. The molecule has 18 heavy (non-hydrogen) atoms. The molecule has 3 N–H and O–H groups in total. The third-order valence-corrected chi connectivity index (χ3v) is 7.16. The summed E-state index contributed by atoms with van der Waals surface area (Å²) in [7, 11) is -3.17. The van der Waals surface area contributed by atoms with Crippen LogP contribution in [-0.4, -0.2) is 26.3 Å². The Morgan fingerprint density at radius 3 is 2.06 bits per heavy atom. The fraction of sp³-hybridized carbons (Fsp3) is 1.00. The van der Waals surface area contributed by atoms with Gasteiger partial charge < -0.3 is 5.73 Å². The van der Waals surface area contributed by atoms with Gasteiger partial charge in [-0.2, -0.15) is 0 Å². The van der Waals surface area contributed by atoms with Crippen molar-refractivity contribution in [3.63, 3.8) is 0 Å². The molecule has 104 valence electrons. The molecule has 0 radical (unpaired) electrons. The first kappa shape index (κ1) is 12.9. The summed E-state index contributed by atoms with van der Waals surface area (Å²) in [5.74, 6) is 2.44. The Balaban J connectivity index is 1.76. The fourth-order valence-electron chi connectivity index (χ4n) is 4.73. The van der Waals surface area contributed by atoms with Crippen LogP contribution in [0.5, 0.6) is 0 Å². The lowest BCUT2D eigenvalue weighted by molar-refractivity contribution is 0.0234. The van der Waals surface area contributed by atoms with Gasteiger partial charge in [0.2, 0.25) is 10.0 Å². The van der Waals surface area contributed by atoms with Crippen molar-refractivity contribution in [2.75, 3.05) is 6.54 Å². The average Bonchev–Trinajstić information content (AvgIpc) is 2.24. The molecule has 0 saturated heterocycles. The lowest BCUT2D eigenvalue weighted by Gasteiger charge is -2.53. The summed E-state index contributed by atoms with van der Waals surface area (Å²) in [5.41, 5.74) is 5.65. The molecule has 4 aliphatic carbocycles. The summed E-state index contributed by atoms with van der Waals surface area (Å²) in [6.45, 7) is 2.20. The molecule has 0 aromatic carbocycles. The van der Waals surface area contributed by atoms with Crippen molar-refractivity contribution in [1.29, 1.82) is 0 Å². The van der Waals surface area contributed by atoms with Crippen molar-refractivity contribution in [1.82, 2.24) is 4.72 Å². The molecule has 4 rings (SSSR count). The summed E-state index contributed by atoms with van der Waals surface area (Å²) in [5, 5.41) is -0.135. The van der Waals surface area contributed by atoms with E-state index in [1.54, 1.807) is 0 Å². The van der Waals surface area contributed by atoms with Crippen LogP contribution in [0.2, 0.25) is 0 Å². The number of sulfonamides is 1. The highest BCUT2D eigenvalue weighted by atomic mass is 32.2. The summed E-state index contributed by atoms with van der Waals surface area (Å²) in [6, 6.07) is -0.114. The number of nitrogens with one attached hydrogen (secondary N) is 1. The van der Waals surface area contributed by atoms with Gasteiger partial charge in [0.05, 0.1) is 5.25 Å². The zero-order chi connectivity index (χ0) is 12.9. The van der Waals surface area contributed by atoms with Crippen molar-refractivity contribution in [3.05, 3.63) is 0 Å². The average molecular weight is 272 g/mol. The summed E-state index contributed by atoms with van der Waals surface area (Å²) in [6.07, 6.45) is 5.90. The van der Waals surface area contributed by atoms with Gasteiger partial charge in [-0.1, -0.05) is 0 Å². The molecule has 4 aliphatic rings. The molecular weight excluding hydrogens is 248 g/mol. The van der Waals surface area contributed by atoms with E-state index in [1.165, 1.54) is 6.42 Å². The van der Waals surface area contributed by atoms with Crippen molar-refractivity contribution >= 4 is 10.0 Å². The highest BCUT2D eigenvalue weighted by Crippen LogP contribution is 2.55. The summed E-state index contributed by atoms with van der Waals surface area (Å²) in [4.78, 5) is 0. The Bertz CT molecular complexity index is 391. The molecule has 5 heteroatoms. The molecule has 0 aromatic rings. The first-order valence-electron chi connectivity index (χ1n) is 7.19. The van der Waals surface area contributed by atoms with E-state index in [4.69, 9.17) is 5.73 Å². The van der Waals surface area contributed by atoms with Crippen LogP contribution in [-0.2, 0) is 10.0 Å². The van der Waals surface area contributed by atoms with Crippen LogP contribution in [0.3, 0.4) is 0 Å². The van der Waals surface area contributed by atoms with Crippen LogP contribution < -0.4 is 10.5 Å². The van der Waals surface area contributed by atoms with Crippen molar-refractivity contribution < 1.29 is 8.42 Å². The lowest BCUT2D eigenvalue weighted by Crippen LogP contribution is -2.55. The lowest BCUT2D eigenvalue weighted by atomic mass is 9.56. The van der Waals surface area contributed by atoms with Crippen LogP contribution in [0.4, 0.5) is 0 Å². The molecule has 1 atom stereocenters. The van der Waals surface area contributed by atoms with Gasteiger partial charge in [-0.05, 0) is 62.7 Å². The molecule has 4 bridgehead atoms. The highest BCUT2D eigenvalue weighted by molar-refractivity contribution is 7.90. The Hall–Kier alpha value is -0.130. The van der Waals surface area contributed by atoms with Crippen molar-refractivity contribution in [2.45, 2.75) is 50.3 Å². The van der Waals surface area contributed by atoms with Gasteiger partial charge in [-0.3, -0.25) is 0 Å². The smallest absolute Gasteiger partial charge is 0.215 e. The van der Waals surface area contributed by atoms with Crippen LogP contribution >= 0.6 is 0 Å². The van der Waals surface area contributed by atoms with Gasteiger partial charge in [0.15, 0.2) is 0 Å². The Labute approximate surface area is 110 Å². The standard InChI is InChI=1S/C13H24N2O2S/c1-8(14)7-15-18(16,17)13-11-3-9-2-10(5-11)6-12(13)4-9/h8-13,15H,2-7,14H2,1H3. The normalized spacial score (nSPS) is 44.2. The minimum atomic E-state index is -3.17. The van der Waals surface area contributed by atoms with E-state index in [9.17, 15) is 8.42 Å². The van der Waals surface area contributed by atoms with E-state index in [2.05, 4.69) is 4.72 Å². The first-order valence-corrected chi connectivity index (χ1v) is 8.74. The van der Waals surface area contributed by atoms with Gasteiger partial charge in [0.1, 0.15) is 0 Å². The fourth-order valence-corrected chi connectivity index (χ4v) is 6.87. The van der Waals surface area contributed by atoms with E-state index in [-0.39, 0.29) is 11.3 Å². The number of hydrogen-bond donors (Lipinski definition) is 2. The molecule has 0 amide bonds. The molecule has 0 heterocycles. The summed E-state index contributed by atoms with van der Waals surface area (Å²) < 4.78 is 27.7. The predicted molar refractivity (Wildman–Crippen MR) is 71.4 cm³/mol.